The second kappa shape index (κ2) is 39.1. The first-order chi connectivity index (χ1) is 58.8. The highest BCUT2D eigenvalue weighted by atomic mass is 35.5. The van der Waals surface area contributed by atoms with Gasteiger partial charge in [-0.3, -0.25) is 71.0 Å². The summed E-state index contributed by atoms with van der Waals surface area (Å²) in [6.07, 6.45) is -12.5. The number of ether oxygens (including phenoxy) is 6. The number of fused-ring (bicyclic) bond motifs is 3. The molecule has 3 aliphatic rings. The number of esters is 3. The fourth-order valence-electron chi connectivity index (χ4n) is 14.2. The number of nitrogens with zero attached hydrogens (tertiary/aromatic N) is 9. The van der Waals surface area contributed by atoms with E-state index in [2.05, 4.69) is 44.9 Å². The van der Waals surface area contributed by atoms with Crippen molar-refractivity contribution >= 4 is 127 Å². The van der Waals surface area contributed by atoms with Crippen LogP contribution < -0.4 is 47.5 Å². The molecule has 9 heterocycles. The lowest BCUT2D eigenvalue weighted by molar-refractivity contribution is -0.152. The number of aliphatic hydroxyl groups is 3. The summed E-state index contributed by atoms with van der Waals surface area (Å²) in [5.74, 6) is -4.56. The number of para-hydroxylation sites is 3. The third-order valence-electron chi connectivity index (χ3n) is 20.0. The van der Waals surface area contributed by atoms with E-state index in [1.807, 2.05) is 0 Å². The van der Waals surface area contributed by atoms with E-state index < -0.39 is 200 Å². The Balaban J connectivity index is 0.000000197. The summed E-state index contributed by atoms with van der Waals surface area (Å²) in [4.78, 5) is 99.5. The monoisotopic (exact) mass is 1890 g/mol. The van der Waals surface area contributed by atoms with Crippen LogP contribution in [0.5, 0.6) is 17.2 Å². The number of hydrogen-bond donors (Lipinski definition) is 9. The van der Waals surface area contributed by atoms with Gasteiger partial charge in [0.15, 0.2) is 52.2 Å². The lowest BCUT2D eigenvalue weighted by atomic mass is 9.91. The van der Waals surface area contributed by atoms with Crippen LogP contribution in [0.2, 0.25) is 0 Å². The van der Waals surface area contributed by atoms with Gasteiger partial charge in [-0.25, -0.2) is 41.8 Å². The van der Waals surface area contributed by atoms with Gasteiger partial charge in [-0.2, -0.15) is 15.0 Å². The number of rotatable bonds is 33. The third kappa shape index (κ3) is 21.9. The molecular formula is C78H102Cl3F3N15O24P3. The molecule has 0 bridgehead atoms. The Morgan fingerprint density at radius 2 is 0.667 bits per heavy atom. The smallest absolute Gasteiger partial charge is 0.380 e. The van der Waals surface area contributed by atoms with E-state index in [-0.39, 0.29) is 87.1 Å². The van der Waals surface area contributed by atoms with Crippen LogP contribution in [-0.2, 0) is 70.1 Å². The molecule has 0 spiro atoms. The van der Waals surface area contributed by atoms with Crippen molar-refractivity contribution < 1.29 is 112 Å². The number of aromatic amines is 3. The Kier molecular flexibility index (Phi) is 30.7. The number of aromatic nitrogens is 12. The zero-order valence-corrected chi connectivity index (χ0v) is 76.0. The normalized spacial score (nSPS) is 24.9. The Labute approximate surface area is 734 Å². The molecule has 6 aromatic heterocycles. The standard InChI is InChI=1S/3C26H34ClFN5O8P/c3*1-14(2)38-22(36)15(3)11-42(37,40-16-9-7-6-8-10-16)41-25(4,5)19-18(34)26(27,12-28)23(39-19)33-13-30-17-20(33)31-24(29)32-21(17)35/h3*6-10,13-15,18-19,23,34H,11-12H2,1-5H3,(H3,29,31,32,35)/t15-,18+,19+,23-,26?,42?;15-,18+,19+,23-,26?,42+;15-,18+,19+,23-,26?,42-/m111/s1. The molecule has 9 aromatic rings. The van der Waals surface area contributed by atoms with Crippen LogP contribution in [0.1, 0.15) is 123 Å². The fraction of sp³-hybridized carbons (Fsp3) is 0.538. The van der Waals surface area contributed by atoms with E-state index in [0.717, 1.165) is 19.0 Å². The lowest BCUT2D eigenvalue weighted by Crippen LogP contribution is -2.50. The lowest BCUT2D eigenvalue weighted by Gasteiger charge is -2.36. The first-order valence-electron chi connectivity index (χ1n) is 39.5. The third-order valence-corrected chi connectivity index (χ3v) is 28.2. The average molecular weight is 1890 g/mol. The molecule has 3 aliphatic heterocycles. The van der Waals surface area contributed by atoms with Crippen LogP contribution in [0.25, 0.3) is 33.5 Å². The number of nitrogens with one attached hydrogen (secondary N) is 3. The highest BCUT2D eigenvalue weighted by Gasteiger charge is 2.66. The molecule has 39 nitrogen and oxygen atoms in total. The van der Waals surface area contributed by atoms with Gasteiger partial charge in [0.25, 0.3) is 16.7 Å². The van der Waals surface area contributed by atoms with E-state index in [1.54, 1.807) is 133 Å². The van der Waals surface area contributed by atoms with Gasteiger partial charge in [0, 0.05) is 0 Å². The van der Waals surface area contributed by atoms with Crippen molar-refractivity contribution in [3.63, 3.8) is 0 Å². The number of alkyl halides is 6. The number of anilines is 3. The van der Waals surface area contributed by atoms with E-state index in [9.17, 15) is 71.0 Å². The van der Waals surface area contributed by atoms with Crippen molar-refractivity contribution in [2.24, 2.45) is 17.8 Å². The molecule has 3 aromatic carbocycles. The number of halogens is 6. The molecule has 0 aliphatic carbocycles. The predicted molar refractivity (Wildman–Crippen MR) is 456 cm³/mol. The minimum atomic E-state index is -4.20. The quantitative estimate of drug-likeness (QED) is 0.00798. The van der Waals surface area contributed by atoms with Crippen molar-refractivity contribution in [2.45, 2.75) is 209 Å². The number of H-pyrrole nitrogens is 3. The number of aliphatic hydroxyl groups excluding tert-OH is 3. The average Bonchev–Trinajstić information content (AvgIpc) is 1.58. The minimum absolute atomic E-state index is 0.0538. The molecule has 4 unspecified atom stereocenters. The molecule has 48 heteroatoms. The van der Waals surface area contributed by atoms with Crippen LogP contribution in [0, 0.1) is 17.8 Å². The maximum Gasteiger partial charge on any atom is 0.380 e. The molecule has 0 saturated carbocycles. The van der Waals surface area contributed by atoms with Gasteiger partial charge in [0.2, 0.25) is 17.8 Å². The zero-order chi connectivity index (χ0) is 93.1. The Hall–Kier alpha value is -9.09. The fourth-order valence-corrected chi connectivity index (χ4v) is 21.8. The maximum atomic E-state index is 14.6. The first-order valence-corrected chi connectivity index (χ1v) is 45.8. The van der Waals surface area contributed by atoms with Crippen LogP contribution in [0.15, 0.2) is 124 Å². The number of carbonyl (C=O) groups excluding carboxylic acids is 3. The van der Waals surface area contributed by atoms with E-state index in [0.29, 0.717) is 0 Å². The molecule has 12 N–H and O–H groups in total. The Morgan fingerprint density at radius 3 is 0.873 bits per heavy atom. The molecule has 18 atom stereocenters. The second-order valence-electron chi connectivity index (χ2n) is 32.9. The second-order valence-corrected chi connectivity index (χ2v) is 40.9. The Morgan fingerprint density at radius 1 is 0.444 bits per heavy atom. The van der Waals surface area contributed by atoms with Crippen LogP contribution in [0.4, 0.5) is 31.0 Å². The summed E-state index contributed by atoms with van der Waals surface area (Å²) < 4.78 is 160. The number of imidazole rings is 3. The zero-order valence-electron chi connectivity index (χ0n) is 71.1. The van der Waals surface area contributed by atoms with Crippen molar-refractivity contribution in [1.82, 2.24) is 58.6 Å². The molecule has 0 radical (unpaired) electrons. The van der Waals surface area contributed by atoms with Gasteiger partial charge >= 0.3 is 40.7 Å². The summed E-state index contributed by atoms with van der Waals surface area (Å²) in [5.41, 5.74) is 9.74. The van der Waals surface area contributed by atoms with Gasteiger partial charge < -0.3 is 74.5 Å². The van der Waals surface area contributed by atoms with Gasteiger partial charge in [-0.1, -0.05) is 75.4 Å². The van der Waals surface area contributed by atoms with Gasteiger partial charge in [-0.15, -0.1) is 34.8 Å². The summed E-state index contributed by atoms with van der Waals surface area (Å²) in [7, 11) is -12.6. The van der Waals surface area contributed by atoms with E-state index in [1.165, 1.54) is 76.0 Å². The number of nitrogens with two attached hydrogens (primary N) is 3. The van der Waals surface area contributed by atoms with Gasteiger partial charge in [0.05, 0.1) is 73.5 Å². The number of nitrogen functional groups attached to an aromatic ring is 3. The number of benzene rings is 3. The molecule has 3 fully saturated rings. The molecule has 0 amide bonds. The van der Waals surface area contributed by atoms with Crippen LogP contribution >= 0.6 is 57.6 Å². The minimum Gasteiger partial charge on any atom is -0.463 e. The first kappa shape index (κ1) is 99.1. The summed E-state index contributed by atoms with van der Waals surface area (Å²) in [5, 5.41) is 34.0. The highest BCUT2D eigenvalue weighted by molar-refractivity contribution is 7.55. The SMILES string of the molecule is CC(C)OC(=O)[C@H](C)CP(=O)(Oc1ccccc1)OC(C)(C)[C@H]1O[C@@H](n2cnc3c(=O)[nH]c(N)nc32)C(Cl)(CF)[C@H]1O.CC(C)OC(=O)[C@H](C)C[P@@](=O)(Oc1ccccc1)OC(C)(C)[C@H]1O[C@@H](n2cnc3c(=O)[nH]c(N)nc32)C(Cl)(CF)[C@H]1O.CC(C)OC(=O)[C@H](C)C[P@](=O)(Oc1ccccc1)OC(C)(C)[C@H]1O[C@@H](n2cnc3c(=O)[nH]c(N)nc32)C(Cl)(CF)[C@H]1O. The van der Waals surface area contributed by atoms with Crippen molar-refractivity contribution in [3.8, 4) is 17.2 Å². The highest BCUT2D eigenvalue weighted by Crippen LogP contribution is 2.61. The van der Waals surface area contributed by atoms with E-state index in [4.69, 9.17) is 108 Å². The Bertz CT molecular complexity index is 5150. The van der Waals surface area contributed by atoms with Gasteiger partial charge in [-0.05, 0) is 119 Å². The predicted octanol–water partition coefficient (Wildman–Crippen LogP) is 10.7. The van der Waals surface area contributed by atoms with Crippen molar-refractivity contribution in [2.75, 3.05) is 55.7 Å². The van der Waals surface area contributed by atoms with Crippen molar-refractivity contribution in [1.29, 1.82) is 0 Å². The van der Waals surface area contributed by atoms with E-state index >= 15 is 0 Å². The number of hydrogen-bond acceptors (Lipinski definition) is 33. The summed E-state index contributed by atoms with van der Waals surface area (Å²) >= 11 is 20.0. The van der Waals surface area contributed by atoms with Gasteiger partial charge in [0.1, 0.15) is 105 Å². The van der Waals surface area contributed by atoms with Crippen LogP contribution in [0.3, 0.4) is 0 Å². The molecule has 690 valence electrons. The summed E-state index contributed by atoms with van der Waals surface area (Å²) in [6, 6.07) is 24.6. The molecule has 3 saturated heterocycles. The van der Waals surface area contributed by atoms with Crippen LogP contribution in [-0.4, -0.2) is 217 Å². The van der Waals surface area contributed by atoms with Crippen molar-refractivity contribution in [3.05, 3.63) is 141 Å². The molecular weight excluding hydrogens is 1790 g/mol. The maximum absolute atomic E-state index is 14.6. The largest absolute Gasteiger partial charge is 0.463 e. The summed E-state index contributed by atoms with van der Waals surface area (Å²) in [6.45, 7) is 19.6. The topological polar surface area (TPSA) is 543 Å². The number of carbonyl (C=O) groups is 3. The molecule has 126 heavy (non-hydrogen) atoms. The molecule has 12 rings (SSSR count).